The van der Waals surface area contributed by atoms with Crippen LogP contribution in [0.2, 0.25) is 0 Å². The summed E-state index contributed by atoms with van der Waals surface area (Å²) in [6.45, 7) is 0. The van der Waals surface area contributed by atoms with Gasteiger partial charge in [-0.2, -0.15) is 0 Å². The molecule has 86 valence electrons. The highest BCUT2D eigenvalue weighted by Crippen LogP contribution is 1.97. The molecule has 15 heavy (non-hydrogen) atoms. The lowest BCUT2D eigenvalue weighted by Gasteiger charge is -2.04. The number of pyridine rings is 1. The summed E-state index contributed by atoms with van der Waals surface area (Å²) in [6.07, 6.45) is 1.63. The Hall–Kier alpha value is -1.04. The van der Waals surface area contributed by atoms with E-state index in [1.165, 1.54) is 12.3 Å². The van der Waals surface area contributed by atoms with Gasteiger partial charge in [0.15, 0.2) is 0 Å². The molecule has 1 atom stereocenters. The van der Waals surface area contributed by atoms with E-state index < -0.39 is 12.0 Å². The molecule has 0 aromatic carbocycles. The van der Waals surface area contributed by atoms with Crippen molar-refractivity contribution in [2.45, 2.75) is 12.5 Å². The minimum atomic E-state index is -1.07. The fraction of sp³-hybridized carbons (Fsp3) is 0.250. The van der Waals surface area contributed by atoms with E-state index in [9.17, 15) is 9.59 Å². The third-order valence-corrected chi connectivity index (χ3v) is 1.61. The summed E-state index contributed by atoms with van der Waals surface area (Å²) >= 11 is 0. The average molecular weight is 255 g/mol. The Balaban J connectivity index is 0. The van der Waals surface area contributed by atoms with Crippen molar-refractivity contribution in [3.05, 3.63) is 34.2 Å². The molecule has 0 aliphatic heterocycles. The quantitative estimate of drug-likeness (QED) is 0.717. The molecular weight excluding hydrogens is 243 g/mol. The van der Waals surface area contributed by atoms with Gasteiger partial charge in [0.2, 0.25) is 5.56 Å². The molecule has 1 aromatic heterocycles. The number of hydrogen-bond acceptors (Lipinski definition) is 3. The first-order valence-electron chi connectivity index (χ1n) is 3.75. The third-order valence-electron chi connectivity index (χ3n) is 1.61. The van der Waals surface area contributed by atoms with Crippen LogP contribution in [0, 0.1) is 0 Å². The van der Waals surface area contributed by atoms with E-state index in [-0.39, 0.29) is 36.8 Å². The van der Waals surface area contributed by atoms with Crippen molar-refractivity contribution in [1.29, 1.82) is 0 Å². The van der Waals surface area contributed by atoms with Crippen LogP contribution < -0.4 is 11.3 Å². The maximum absolute atomic E-state index is 10.8. The Morgan fingerprint density at radius 2 is 2.13 bits per heavy atom. The molecule has 0 saturated carbocycles. The number of H-pyrrole nitrogens is 1. The molecule has 0 bridgehead atoms. The number of carbonyl (C=O) groups is 1. The van der Waals surface area contributed by atoms with Crippen molar-refractivity contribution in [2.24, 2.45) is 5.73 Å². The van der Waals surface area contributed by atoms with Gasteiger partial charge >= 0.3 is 5.97 Å². The zero-order valence-corrected chi connectivity index (χ0v) is 9.31. The van der Waals surface area contributed by atoms with E-state index in [0.717, 1.165) is 0 Å². The summed E-state index contributed by atoms with van der Waals surface area (Å²) < 4.78 is 0. The van der Waals surface area contributed by atoms with Crippen LogP contribution in [0.1, 0.15) is 5.56 Å². The van der Waals surface area contributed by atoms with Gasteiger partial charge in [-0.3, -0.25) is 9.59 Å². The number of nitrogens with one attached hydrogen (secondary N) is 1. The first kappa shape index (κ1) is 16.4. The van der Waals surface area contributed by atoms with Crippen molar-refractivity contribution >= 4 is 30.8 Å². The maximum Gasteiger partial charge on any atom is 0.320 e. The van der Waals surface area contributed by atoms with Gasteiger partial charge in [-0.15, -0.1) is 24.8 Å². The second kappa shape index (κ2) is 7.28. The van der Waals surface area contributed by atoms with Gasteiger partial charge in [-0.05, 0) is 18.1 Å². The number of rotatable bonds is 3. The number of aromatic nitrogens is 1. The Kier molecular flexibility index (Phi) is 7.95. The van der Waals surface area contributed by atoms with Crippen LogP contribution in [0.5, 0.6) is 0 Å². The molecule has 0 radical (unpaired) electrons. The summed E-state index contributed by atoms with van der Waals surface area (Å²) in [5.41, 5.74) is 5.66. The normalized spacial score (nSPS) is 10.7. The van der Waals surface area contributed by atoms with Crippen LogP contribution >= 0.6 is 24.8 Å². The van der Waals surface area contributed by atoms with E-state index >= 15 is 0 Å². The highest BCUT2D eigenvalue weighted by atomic mass is 35.5. The van der Waals surface area contributed by atoms with Crippen LogP contribution in [-0.4, -0.2) is 22.1 Å². The van der Waals surface area contributed by atoms with Gasteiger partial charge in [-0.1, -0.05) is 0 Å². The van der Waals surface area contributed by atoms with Crippen molar-refractivity contribution in [3.63, 3.8) is 0 Å². The van der Waals surface area contributed by atoms with Crippen molar-refractivity contribution in [3.8, 4) is 0 Å². The molecule has 0 spiro atoms. The van der Waals surface area contributed by atoms with Crippen LogP contribution in [0.15, 0.2) is 23.1 Å². The van der Waals surface area contributed by atoms with E-state index in [0.29, 0.717) is 5.56 Å². The Morgan fingerprint density at radius 3 is 2.60 bits per heavy atom. The lowest BCUT2D eigenvalue weighted by molar-refractivity contribution is -0.138. The molecule has 1 heterocycles. The molecule has 0 fully saturated rings. The summed E-state index contributed by atoms with van der Waals surface area (Å²) in [7, 11) is 0. The molecule has 0 aliphatic carbocycles. The van der Waals surface area contributed by atoms with Gasteiger partial charge < -0.3 is 15.8 Å². The maximum atomic E-state index is 10.8. The van der Waals surface area contributed by atoms with Crippen LogP contribution in [-0.2, 0) is 11.2 Å². The highest BCUT2D eigenvalue weighted by Gasteiger charge is 2.11. The topological polar surface area (TPSA) is 96.2 Å². The summed E-state index contributed by atoms with van der Waals surface area (Å²) in [5, 5.41) is 8.50. The molecule has 1 rings (SSSR count). The largest absolute Gasteiger partial charge is 0.480 e. The Bertz CT molecular complexity index is 367. The summed E-state index contributed by atoms with van der Waals surface area (Å²) in [5.74, 6) is -1.07. The van der Waals surface area contributed by atoms with E-state index in [4.69, 9.17) is 10.8 Å². The fourth-order valence-corrected chi connectivity index (χ4v) is 0.957. The number of carboxylic acid groups (broad SMARTS) is 1. The zero-order valence-electron chi connectivity index (χ0n) is 7.67. The molecular formula is C8H12Cl2N2O3. The first-order valence-corrected chi connectivity index (χ1v) is 3.75. The van der Waals surface area contributed by atoms with Gasteiger partial charge in [0.1, 0.15) is 6.04 Å². The molecule has 1 aromatic rings. The lowest BCUT2D eigenvalue weighted by atomic mass is 10.1. The van der Waals surface area contributed by atoms with Crippen LogP contribution in [0.25, 0.3) is 0 Å². The van der Waals surface area contributed by atoms with E-state index in [1.54, 1.807) is 6.07 Å². The summed E-state index contributed by atoms with van der Waals surface area (Å²) in [4.78, 5) is 23.6. The predicted molar refractivity (Wildman–Crippen MR) is 60.9 cm³/mol. The highest BCUT2D eigenvalue weighted by molar-refractivity contribution is 5.85. The van der Waals surface area contributed by atoms with Crippen LogP contribution in [0.4, 0.5) is 0 Å². The predicted octanol–water partition coefficient (Wildman–Crippen LogP) is 0.173. The number of hydrogen-bond donors (Lipinski definition) is 3. The minimum absolute atomic E-state index is 0. The van der Waals surface area contributed by atoms with Gasteiger partial charge in [0, 0.05) is 12.3 Å². The molecule has 1 unspecified atom stereocenters. The van der Waals surface area contributed by atoms with Crippen molar-refractivity contribution < 1.29 is 9.90 Å². The fourth-order valence-electron chi connectivity index (χ4n) is 0.957. The molecule has 0 saturated heterocycles. The van der Waals surface area contributed by atoms with Gasteiger partial charge in [0.05, 0.1) is 0 Å². The molecule has 0 amide bonds. The third kappa shape index (κ3) is 5.41. The van der Waals surface area contributed by atoms with Crippen LogP contribution in [0.3, 0.4) is 0 Å². The standard InChI is InChI=1S/C8H10N2O3.2ClH/c9-6(8(12)13)3-5-1-2-10-7(11)4-5;;/h1-2,4,6H,3,9H2,(H,10,11)(H,12,13);2*1H. The summed E-state index contributed by atoms with van der Waals surface area (Å²) in [6, 6.07) is 2.01. The Morgan fingerprint density at radius 1 is 1.53 bits per heavy atom. The molecule has 0 aliphatic rings. The number of aromatic amines is 1. The minimum Gasteiger partial charge on any atom is -0.480 e. The SMILES string of the molecule is Cl.Cl.NC(Cc1cc[nH]c(=O)c1)C(=O)O. The zero-order chi connectivity index (χ0) is 9.84. The van der Waals surface area contributed by atoms with E-state index in [1.807, 2.05) is 0 Å². The van der Waals surface area contributed by atoms with Crippen molar-refractivity contribution in [2.75, 3.05) is 0 Å². The molecule has 5 nitrogen and oxygen atoms in total. The first-order chi connectivity index (χ1) is 6.09. The number of halogens is 2. The van der Waals surface area contributed by atoms with Gasteiger partial charge in [-0.25, -0.2) is 0 Å². The number of nitrogens with two attached hydrogens (primary N) is 1. The van der Waals surface area contributed by atoms with Gasteiger partial charge in [0.25, 0.3) is 0 Å². The monoisotopic (exact) mass is 254 g/mol. The second-order valence-corrected chi connectivity index (χ2v) is 2.71. The molecule has 4 N–H and O–H groups in total. The second-order valence-electron chi connectivity index (χ2n) is 2.71. The molecule has 7 heteroatoms. The number of aliphatic carboxylic acids is 1. The average Bonchev–Trinajstić information content (AvgIpc) is 2.04. The van der Waals surface area contributed by atoms with E-state index in [2.05, 4.69) is 4.98 Å². The van der Waals surface area contributed by atoms with Crippen molar-refractivity contribution in [1.82, 2.24) is 4.98 Å². The number of carboxylic acids is 1. The smallest absolute Gasteiger partial charge is 0.320 e. The Labute approximate surface area is 98.5 Å². The lowest BCUT2D eigenvalue weighted by Crippen LogP contribution is -2.32.